The second-order valence-electron chi connectivity index (χ2n) is 15.9. The molecule has 0 fully saturated rings. The number of nitrogens with zero attached hydrogens (tertiary/aromatic N) is 2. The van der Waals surface area contributed by atoms with Gasteiger partial charge in [0.05, 0.1) is 5.58 Å². The first-order valence-electron chi connectivity index (χ1n) is 25.4. The normalized spacial score (nSPS) is 16.4. The maximum Gasteiger partial charge on any atom is 0.120 e. The Morgan fingerprint density at radius 1 is 0.667 bits per heavy atom. The summed E-state index contributed by atoms with van der Waals surface area (Å²) in [4.78, 5) is 8.78. The van der Waals surface area contributed by atoms with Crippen LogP contribution in [0.25, 0.3) is 66.7 Å². The minimum absolute atomic E-state index is 0. The molecule has 291 valence electrons. The smallest absolute Gasteiger partial charge is 0.120 e. The number of fused-ring (bicyclic) bond motifs is 3. The summed E-state index contributed by atoms with van der Waals surface area (Å²) in [6, 6.07) is 36.9. The molecular weight excluding hydrogens is 873 g/mol. The SMILES string of the molecule is [2H]C([2H])([2H])c1c[c-]c(-c2ccc(C([2H])([2H])C(C)(C)C)cn2)cc1.[2H]C([2H])([2H])c1cc(-c2cc(-c3[c-]ccc4c3oc3ccccc34)ncc2C([2H])([2H])[2H])c(C([2H])([2H])[2H])cc1-c1ccc(C(C)(C)C)cc1.[Ir]. The fraction of sp³-hybridized carbons (Fsp3) is 0.245. The van der Waals surface area contributed by atoms with Gasteiger partial charge in [-0.05, 0) is 105 Å². The van der Waals surface area contributed by atoms with Crippen LogP contribution in [0, 0.1) is 45.0 Å². The summed E-state index contributed by atoms with van der Waals surface area (Å²) in [7, 11) is 0. The maximum absolute atomic E-state index is 8.49. The summed E-state index contributed by atoms with van der Waals surface area (Å²) >= 11 is 0. The van der Waals surface area contributed by atoms with Gasteiger partial charge >= 0.3 is 0 Å². The summed E-state index contributed by atoms with van der Waals surface area (Å²) in [5.74, 6) is 0. The number of hydrogen-bond donors (Lipinski definition) is 0. The molecule has 0 amide bonds. The minimum atomic E-state index is -2.72. The van der Waals surface area contributed by atoms with E-state index in [1.54, 1.807) is 42.5 Å². The summed E-state index contributed by atoms with van der Waals surface area (Å²) in [6.45, 7) is 1.54. The zero-order valence-electron chi connectivity index (χ0n) is 46.7. The molecule has 8 rings (SSSR count). The molecule has 3 nitrogen and oxygen atoms in total. The first-order valence-corrected chi connectivity index (χ1v) is 18.4. The largest absolute Gasteiger partial charge is 0.501 e. The van der Waals surface area contributed by atoms with Crippen LogP contribution in [0.4, 0.5) is 0 Å². The fourth-order valence-electron chi connectivity index (χ4n) is 6.55. The van der Waals surface area contributed by atoms with Crippen molar-refractivity contribution in [2.45, 2.75) is 80.7 Å². The van der Waals surface area contributed by atoms with Gasteiger partial charge < -0.3 is 14.4 Å². The van der Waals surface area contributed by atoms with Crippen LogP contribution < -0.4 is 0 Å². The fourth-order valence-corrected chi connectivity index (χ4v) is 6.55. The van der Waals surface area contributed by atoms with E-state index in [4.69, 9.17) is 23.6 Å². The van der Waals surface area contributed by atoms with Gasteiger partial charge in [-0.25, -0.2) is 0 Å². The van der Waals surface area contributed by atoms with Gasteiger partial charge in [0.15, 0.2) is 0 Å². The number of rotatable bonds is 5. The Morgan fingerprint density at radius 2 is 1.39 bits per heavy atom. The Bertz CT molecular complexity index is 3170. The maximum atomic E-state index is 8.49. The van der Waals surface area contributed by atoms with Crippen molar-refractivity contribution in [3.8, 4) is 44.8 Å². The molecule has 0 saturated heterocycles. The van der Waals surface area contributed by atoms with Crippen molar-refractivity contribution in [2.24, 2.45) is 5.41 Å². The number of aryl methyl sites for hydroxylation is 4. The third-order valence-electron chi connectivity index (χ3n) is 9.38. The van der Waals surface area contributed by atoms with E-state index in [-0.39, 0.29) is 64.5 Å². The second-order valence-corrected chi connectivity index (χ2v) is 15.9. The Labute approximate surface area is 372 Å². The van der Waals surface area contributed by atoms with E-state index in [2.05, 4.69) is 42.9 Å². The summed E-state index contributed by atoms with van der Waals surface area (Å²) in [6.07, 6.45) is 1.24. The zero-order chi connectivity index (χ0) is 51.6. The Hall–Kier alpha value is -5.15. The molecule has 4 heteroatoms. The predicted molar refractivity (Wildman–Crippen MR) is 236 cm³/mol. The molecule has 0 N–H and O–H groups in total. The number of furan rings is 1. The van der Waals surface area contributed by atoms with Crippen LogP contribution in [-0.2, 0) is 31.9 Å². The van der Waals surface area contributed by atoms with Gasteiger partial charge in [-0.1, -0.05) is 132 Å². The molecule has 0 atom stereocenters. The molecule has 0 unspecified atom stereocenters. The van der Waals surface area contributed by atoms with Crippen LogP contribution in [-0.4, -0.2) is 9.97 Å². The monoisotopic (exact) mass is 939 g/mol. The Morgan fingerprint density at radius 3 is 2.05 bits per heavy atom. The standard InChI is InChI=1S/C36H32NO.C17H20N.Ir/c1-22-19-31(23(2)18-30(22)25-14-16-26(17-15-25)36(4,5)6)32-20-33(37-21-24(32)3)29-12-9-11-28-27-10-7-8-13-34(27)38-35(28)29;1-13-5-8-15(9-6-13)16-10-7-14(12-18-16)11-17(2,3)4;/h7-11,13-21H,1-6H3;5-8,10,12H,11H2,1-4H3;/q2*-1;/i1D3,2D3,3D3;1D3,11D2;. The molecular formula is C53H52IrN2O-2. The van der Waals surface area contributed by atoms with Crippen molar-refractivity contribution in [1.29, 1.82) is 0 Å². The molecule has 3 heterocycles. The number of benzene rings is 5. The second kappa shape index (κ2) is 16.8. The van der Waals surface area contributed by atoms with Crippen LogP contribution in [0.3, 0.4) is 0 Å². The Balaban J connectivity index is 0.000000290. The number of hydrogen-bond acceptors (Lipinski definition) is 3. The van der Waals surface area contributed by atoms with Crippen molar-refractivity contribution in [3.63, 3.8) is 0 Å². The van der Waals surface area contributed by atoms with Crippen LogP contribution in [0.1, 0.15) is 94.1 Å². The first-order chi connectivity index (χ1) is 32.3. The molecule has 5 aromatic carbocycles. The van der Waals surface area contributed by atoms with Crippen molar-refractivity contribution in [2.75, 3.05) is 0 Å². The van der Waals surface area contributed by atoms with Crippen molar-refractivity contribution < 1.29 is 43.7 Å². The number of pyridine rings is 2. The van der Waals surface area contributed by atoms with Gasteiger partial charge in [0, 0.05) is 57.1 Å². The van der Waals surface area contributed by atoms with E-state index in [9.17, 15) is 0 Å². The molecule has 0 aliphatic carbocycles. The Kier molecular flexibility index (Phi) is 7.85. The summed E-state index contributed by atoms with van der Waals surface area (Å²) in [5.41, 5.74) is 4.66. The molecule has 1 radical (unpaired) electrons. The van der Waals surface area contributed by atoms with E-state index in [1.807, 2.05) is 63.2 Å². The van der Waals surface area contributed by atoms with Crippen molar-refractivity contribution in [3.05, 3.63) is 167 Å². The van der Waals surface area contributed by atoms with E-state index >= 15 is 0 Å². The zero-order valence-corrected chi connectivity index (χ0v) is 35.1. The quantitative estimate of drug-likeness (QED) is 0.161. The van der Waals surface area contributed by atoms with E-state index in [1.165, 1.54) is 36.7 Å². The van der Waals surface area contributed by atoms with E-state index in [0.29, 0.717) is 44.8 Å². The molecule has 3 aromatic heterocycles. The predicted octanol–water partition coefficient (Wildman–Crippen LogP) is 14.4. The van der Waals surface area contributed by atoms with Crippen LogP contribution >= 0.6 is 0 Å². The van der Waals surface area contributed by atoms with Crippen molar-refractivity contribution in [1.82, 2.24) is 9.97 Å². The molecule has 0 bridgehead atoms. The third kappa shape index (κ3) is 9.36. The number of para-hydroxylation sites is 1. The topological polar surface area (TPSA) is 38.9 Å². The number of aromatic nitrogens is 2. The summed E-state index contributed by atoms with van der Waals surface area (Å²) < 4.78 is 120. The molecule has 0 saturated carbocycles. The molecule has 8 aromatic rings. The van der Waals surface area contributed by atoms with Gasteiger partial charge in [-0.2, -0.15) is 0 Å². The van der Waals surface area contributed by atoms with E-state index < -0.39 is 39.2 Å². The average Bonchev–Trinajstić information content (AvgIpc) is 3.66. The molecule has 57 heavy (non-hydrogen) atoms. The molecule has 0 aliphatic heterocycles. The van der Waals surface area contributed by atoms with Gasteiger partial charge in [0.1, 0.15) is 5.58 Å². The van der Waals surface area contributed by atoms with Crippen LogP contribution in [0.15, 0.2) is 126 Å². The molecule has 0 aliphatic rings. The van der Waals surface area contributed by atoms with Gasteiger partial charge in [-0.15, -0.1) is 53.6 Å². The van der Waals surface area contributed by atoms with Crippen molar-refractivity contribution >= 4 is 21.9 Å². The first kappa shape index (κ1) is 26.7. The minimum Gasteiger partial charge on any atom is -0.501 e. The van der Waals surface area contributed by atoms with Gasteiger partial charge in [0.25, 0.3) is 0 Å². The van der Waals surface area contributed by atoms with Crippen LogP contribution in [0.2, 0.25) is 0 Å². The van der Waals surface area contributed by atoms with Gasteiger partial charge in [-0.3, -0.25) is 0 Å². The molecule has 0 spiro atoms. The average molecular weight is 939 g/mol. The third-order valence-corrected chi connectivity index (χ3v) is 9.38. The summed E-state index contributed by atoms with van der Waals surface area (Å²) in [5, 5.41) is 1.70. The van der Waals surface area contributed by atoms with Gasteiger partial charge in [0.2, 0.25) is 0 Å². The van der Waals surface area contributed by atoms with Crippen LogP contribution in [0.5, 0.6) is 0 Å². The van der Waals surface area contributed by atoms with E-state index in [0.717, 1.165) is 16.3 Å².